The summed E-state index contributed by atoms with van der Waals surface area (Å²) in [6, 6.07) is 8.71. The topological polar surface area (TPSA) is 60.8 Å². The van der Waals surface area contributed by atoms with E-state index < -0.39 is 0 Å². The molecule has 2 rings (SSSR count). The van der Waals surface area contributed by atoms with E-state index in [1.807, 2.05) is 0 Å². The van der Waals surface area contributed by atoms with Gasteiger partial charge in [-0.1, -0.05) is 6.07 Å². The van der Waals surface area contributed by atoms with Crippen molar-refractivity contribution < 1.29 is 19.3 Å². The summed E-state index contributed by atoms with van der Waals surface area (Å²) in [6.45, 7) is -0.0520. The third-order valence-corrected chi connectivity index (χ3v) is 2.57. The fourth-order valence-corrected chi connectivity index (χ4v) is 1.61. The molecule has 1 N–H and O–H groups in total. The maximum Gasteiger partial charge on any atom is 0.262 e. The van der Waals surface area contributed by atoms with E-state index in [1.54, 1.807) is 50.7 Å². The van der Waals surface area contributed by atoms with E-state index in [0.717, 1.165) is 5.56 Å². The van der Waals surface area contributed by atoms with E-state index in [4.69, 9.17) is 19.3 Å². The Hall–Kier alpha value is -2.27. The van der Waals surface area contributed by atoms with Crippen LogP contribution in [0.3, 0.4) is 0 Å². The Morgan fingerprint density at radius 3 is 2.53 bits per heavy atom. The van der Waals surface area contributed by atoms with Crippen molar-refractivity contribution >= 4 is 0 Å². The van der Waals surface area contributed by atoms with Crippen LogP contribution in [0.25, 0.3) is 0 Å². The van der Waals surface area contributed by atoms with Gasteiger partial charge in [0.25, 0.3) is 5.88 Å². The predicted molar refractivity (Wildman–Crippen MR) is 69.8 cm³/mol. The van der Waals surface area contributed by atoms with Crippen LogP contribution in [0.5, 0.6) is 23.1 Å². The summed E-state index contributed by atoms with van der Waals surface area (Å²) >= 11 is 0. The molecule has 0 spiro atoms. The van der Waals surface area contributed by atoms with Crippen LogP contribution in [-0.4, -0.2) is 24.3 Å². The molecule has 100 valence electrons. The molecular weight excluding hydrogens is 246 g/mol. The van der Waals surface area contributed by atoms with E-state index in [9.17, 15) is 0 Å². The SMILES string of the molecule is COc1cc(CO)ccc1Oc1ncccc1OC. The molecule has 1 aromatic heterocycles. The lowest BCUT2D eigenvalue weighted by molar-refractivity contribution is 0.280. The summed E-state index contributed by atoms with van der Waals surface area (Å²) < 4.78 is 16.1. The molecule has 5 nitrogen and oxygen atoms in total. The zero-order valence-electron chi connectivity index (χ0n) is 10.8. The number of aliphatic hydroxyl groups is 1. The van der Waals surface area contributed by atoms with Gasteiger partial charge in [0.2, 0.25) is 0 Å². The minimum atomic E-state index is -0.0520. The largest absolute Gasteiger partial charge is 0.493 e. The molecule has 0 fully saturated rings. The summed E-state index contributed by atoms with van der Waals surface area (Å²) in [7, 11) is 3.09. The van der Waals surface area contributed by atoms with Crippen LogP contribution in [-0.2, 0) is 6.61 Å². The number of ether oxygens (including phenoxy) is 3. The standard InChI is InChI=1S/C14H15NO4/c1-17-12-4-3-7-15-14(12)19-11-6-5-10(9-16)8-13(11)18-2/h3-8,16H,9H2,1-2H3. The highest BCUT2D eigenvalue weighted by Crippen LogP contribution is 2.35. The Bertz CT molecular complexity index is 557. The van der Waals surface area contributed by atoms with Crippen molar-refractivity contribution in [3.05, 3.63) is 42.1 Å². The van der Waals surface area contributed by atoms with Gasteiger partial charge in [-0.2, -0.15) is 0 Å². The van der Waals surface area contributed by atoms with Gasteiger partial charge in [0.05, 0.1) is 20.8 Å². The molecule has 1 aromatic carbocycles. The number of rotatable bonds is 5. The van der Waals surface area contributed by atoms with Gasteiger partial charge >= 0.3 is 0 Å². The van der Waals surface area contributed by atoms with Crippen LogP contribution in [0, 0.1) is 0 Å². The van der Waals surface area contributed by atoms with Crippen molar-refractivity contribution in [3.63, 3.8) is 0 Å². The van der Waals surface area contributed by atoms with Crippen molar-refractivity contribution in [2.75, 3.05) is 14.2 Å². The number of aromatic nitrogens is 1. The molecule has 2 aromatic rings. The average molecular weight is 261 g/mol. The van der Waals surface area contributed by atoms with Crippen molar-refractivity contribution in [1.82, 2.24) is 4.98 Å². The fourth-order valence-electron chi connectivity index (χ4n) is 1.61. The Balaban J connectivity index is 2.32. The van der Waals surface area contributed by atoms with Crippen LogP contribution >= 0.6 is 0 Å². The Morgan fingerprint density at radius 2 is 1.84 bits per heavy atom. The van der Waals surface area contributed by atoms with E-state index in [1.165, 1.54) is 0 Å². The first-order valence-electron chi connectivity index (χ1n) is 5.73. The smallest absolute Gasteiger partial charge is 0.262 e. The first-order chi connectivity index (χ1) is 9.28. The fraction of sp³-hybridized carbons (Fsp3) is 0.214. The molecule has 0 saturated carbocycles. The lowest BCUT2D eigenvalue weighted by Gasteiger charge is -2.12. The second kappa shape index (κ2) is 6.06. The summed E-state index contributed by atoms with van der Waals surface area (Å²) in [6.07, 6.45) is 1.62. The van der Waals surface area contributed by atoms with Gasteiger partial charge in [-0.05, 0) is 29.8 Å². The van der Waals surface area contributed by atoms with Crippen molar-refractivity contribution in [2.24, 2.45) is 0 Å². The molecular formula is C14H15NO4. The Morgan fingerprint density at radius 1 is 1.05 bits per heavy atom. The molecule has 0 aliphatic carbocycles. The van der Waals surface area contributed by atoms with E-state index >= 15 is 0 Å². The van der Waals surface area contributed by atoms with Gasteiger partial charge < -0.3 is 19.3 Å². The predicted octanol–water partition coefficient (Wildman–Crippen LogP) is 2.38. The third-order valence-electron chi connectivity index (χ3n) is 2.57. The van der Waals surface area contributed by atoms with Crippen LogP contribution in [0.2, 0.25) is 0 Å². The summed E-state index contributed by atoms with van der Waals surface area (Å²) in [5, 5.41) is 9.09. The van der Waals surface area contributed by atoms with Crippen LogP contribution in [0.4, 0.5) is 0 Å². The highest BCUT2D eigenvalue weighted by molar-refractivity contribution is 5.46. The minimum Gasteiger partial charge on any atom is -0.493 e. The number of hydrogen-bond donors (Lipinski definition) is 1. The first kappa shape index (κ1) is 13.2. The van der Waals surface area contributed by atoms with Crippen LogP contribution in [0.15, 0.2) is 36.5 Å². The van der Waals surface area contributed by atoms with E-state index in [2.05, 4.69) is 4.98 Å². The average Bonchev–Trinajstić information content (AvgIpc) is 2.48. The maximum absolute atomic E-state index is 9.09. The van der Waals surface area contributed by atoms with Gasteiger partial charge in [0.1, 0.15) is 0 Å². The summed E-state index contributed by atoms with van der Waals surface area (Å²) in [4.78, 5) is 4.11. The first-order valence-corrected chi connectivity index (χ1v) is 5.73. The molecule has 0 amide bonds. The molecule has 0 atom stereocenters. The molecule has 1 heterocycles. The van der Waals surface area contributed by atoms with Gasteiger partial charge in [-0.15, -0.1) is 0 Å². The number of benzene rings is 1. The zero-order chi connectivity index (χ0) is 13.7. The van der Waals surface area contributed by atoms with Gasteiger partial charge in [0, 0.05) is 6.20 Å². The lowest BCUT2D eigenvalue weighted by atomic mass is 10.2. The van der Waals surface area contributed by atoms with Crippen molar-refractivity contribution in [3.8, 4) is 23.1 Å². The van der Waals surface area contributed by atoms with Crippen LogP contribution in [0.1, 0.15) is 5.56 Å². The highest BCUT2D eigenvalue weighted by Gasteiger charge is 2.11. The minimum absolute atomic E-state index is 0.0520. The summed E-state index contributed by atoms with van der Waals surface area (Å²) in [5.74, 6) is 1.94. The lowest BCUT2D eigenvalue weighted by Crippen LogP contribution is -1.96. The zero-order valence-corrected chi connectivity index (χ0v) is 10.8. The van der Waals surface area contributed by atoms with E-state index in [-0.39, 0.29) is 6.61 Å². The molecule has 0 aliphatic heterocycles. The monoisotopic (exact) mass is 261 g/mol. The quantitative estimate of drug-likeness (QED) is 0.895. The molecule has 0 radical (unpaired) electrons. The van der Waals surface area contributed by atoms with Crippen molar-refractivity contribution in [2.45, 2.75) is 6.61 Å². The molecule has 0 saturated heterocycles. The van der Waals surface area contributed by atoms with Crippen LogP contribution < -0.4 is 14.2 Å². The number of nitrogens with zero attached hydrogens (tertiary/aromatic N) is 1. The molecule has 5 heteroatoms. The van der Waals surface area contributed by atoms with Crippen molar-refractivity contribution in [1.29, 1.82) is 0 Å². The Kier molecular flexibility index (Phi) is 4.20. The molecule has 0 aliphatic rings. The molecule has 0 unspecified atom stereocenters. The summed E-state index contributed by atoms with van der Waals surface area (Å²) in [5.41, 5.74) is 0.747. The second-order valence-corrected chi connectivity index (χ2v) is 3.76. The Labute approximate surface area is 111 Å². The second-order valence-electron chi connectivity index (χ2n) is 3.76. The van der Waals surface area contributed by atoms with Gasteiger partial charge in [-0.3, -0.25) is 0 Å². The number of hydrogen-bond acceptors (Lipinski definition) is 5. The third kappa shape index (κ3) is 2.95. The molecule has 19 heavy (non-hydrogen) atoms. The number of methoxy groups -OCH3 is 2. The van der Waals surface area contributed by atoms with E-state index in [0.29, 0.717) is 23.1 Å². The normalized spacial score (nSPS) is 10.1. The maximum atomic E-state index is 9.09. The number of aliphatic hydroxyl groups excluding tert-OH is 1. The highest BCUT2D eigenvalue weighted by atomic mass is 16.5. The number of pyridine rings is 1. The molecule has 0 bridgehead atoms. The van der Waals surface area contributed by atoms with Gasteiger partial charge in [0.15, 0.2) is 17.2 Å². The van der Waals surface area contributed by atoms with Gasteiger partial charge in [-0.25, -0.2) is 4.98 Å².